The number of rotatable bonds is 6. The van der Waals surface area contributed by atoms with E-state index in [-0.39, 0.29) is 6.04 Å². The summed E-state index contributed by atoms with van der Waals surface area (Å²) >= 11 is 0. The van der Waals surface area contributed by atoms with Crippen molar-refractivity contribution in [3.8, 4) is 5.88 Å². The van der Waals surface area contributed by atoms with E-state index in [1.54, 1.807) is 26.5 Å². The Balaban J connectivity index is 1.77. The van der Waals surface area contributed by atoms with Crippen LogP contribution in [-0.4, -0.2) is 40.6 Å². The van der Waals surface area contributed by atoms with Crippen LogP contribution in [0.4, 0.5) is 5.95 Å². The lowest BCUT2D eigenvalue weighted by Gasteiger charge is -2.22. The predicted octanol–water partition coefficient (Wildman–Crippen LogP) is 1.82. The second kappa shape index (κ2) is 6.74. The molecule has 1 atom stereocenters. The first-order chi connectivity index (χ1) is 10.8. The Morgan fingerprint density at radius 2 is 2.32 bits per heavy atom. The van der Waals surface area contributed by atoms with E-state index in [0.717, 1.165) is 31.5 Å². The van der Waals surface area contributed by atoms with Gasteiger partial charge >= 0.3 is 0 Å². The lowest BCUT2D eigenvalue weighted by molar-refractivity contribution is 0.183. The minimum Gasteiger partial charge on any atom is -0.481 e. The van der Waals surface area contributed by atoms with Gasteiger partial charge in [-0.1, -0.05) is 0 Å². The van der Waals surface area contributed by atoms with Crippen molar-refractivity contribution < 1.29 is 9.47 Å². The molecule has 0 fully saturated rings. The van der Waals surface area contributed by atoms with E-state index in [1.807, 2.05) is 4.68 Å². The van der Waals surface area contributed by atoms with E-state index >= 15 is 0 Å². The van der Waals surface area contributed by atoms with E-state index < -0.39 is 0 Å². The number of fused-ring (bicyclic) bond motifs is 1. The van der Waals surface area contributed by atoms with Crippen LogP contribution in [0.2, 0.25) is 0 Å². The van der Waals surface area contributed by atoms with Crippen molar-refractivity contribution in [2.75, 3.05) is 26.1 Å². The van der Waals surface area contributed by atoms with E-state index in [1.165, 1.54) is 5.56 Å². The molecule has 1 aliphatic rings. The third kappa shape index (κ3) is 3.19. The van der Waals surface area contributed by atoms with Crippen LogP contribution in [0.5, 0.6) is 5.88 Å². The summed E-state index contributed by atoms with van der Waals surface area (Å²) in [7, 11) is 3.30. The molecule has 22 heavy (non-hydrogen) atoms. The smallest absolute Gasteiger partial charge is 0.226 e. The molecule has 0 saturated carbocycles. The molecular formula is C15H21N5O2. The van der Waals surface area contributed by atoms with Gasteiger partial charge in [-0.05, 0) is 24.8 Å². The molecule has 1 N–H and O–H groups in total. The molecular weight excluding hydrogens is 282 g/mol. The van der Waals surface area contributed by atoms with Gasteiger partial charge < -0.3 is 14.8 Å². The summed E-state index contributed by atoms with van der Waals surface area (Å²) in [6, 6.07) is 1.87. The Bertz CT molecular complexity index is 628. The highest BCUT2D eigenvalue weighted by atomic mass is 16.5. The molecule has 0 bridgehead atoms. The van der Waals surface area contributed by atoms with Crippen LogP contribution in [0.1, 0.15) is 30.1 Å². The highest BCUT2D eigenvalue weighted by Crippen LogP contribution is 2.30. The largest absolute Gasteiger partial charge is 0.481 e. The fourth-order valence-electron chi connectivity index (χ4n) is 2.72. The second-order valence-electron chi connectivity index (χ2n) is 5.31. The van der Waals surface area contributed by atoms with Gasteiger partial charge in [-0.3, -0.25) is 4.68 Å². The van der Waals surface area contributed by atoms with Crippen LogP contribution in [0.25, 0.3) is 0 Å². The van der Waals surface area contributed by atoms with Crippen molar-refractivity contribution in [1.82, 2.24) is 19.7 Å². The fourth-order valence-corrected chi connectivity index (χ4v) is 2.72. The first kappa shape index (κ1) is 14.8. The molecule has 3 rings (SSSR count). The molecule has 0 spiro atoms. The molecule has 1 aliphatic carbocycles. The molecule has 7 nitrogen and oxygen atoms in total. The number of aryl methyl sites for hydroxylation is 1. The summed E-state index contributed by atoms with van der Waals surface area (Å²) in [5.74, 6) is 1.13. The van der Waals surface area contributed by atoms with Gasteiger partial charge in [0.05, 0.1) is 32.0 Å². The SMILES string of the molecule is COCCn1cc2c(n1)[C@H](Nc1nccc(OC)n1)CCC2. The van der Waals surface area contributed by atoms with Crippen molar-refractivity contribution in [2.24, 2.45) is 0 Å². The minimum atomic E-state index is 0.139. The van der Waals surface area contributed by atoms with Gasteiger partial charge in [-0.25, -0.2) is 4.98 Å². The van der Waals surface area contributed by atoms with Gasteiger partial charge in [-0.15, -0.1) is 0 Å². The normalized spacial score (nSPS) is 17.1. The Hall–Kier alpha value is -2.15. The number of nitrogens with zero attached hydrogens (tertiary/aromatic N) is 4. The molecule has 0 unspecified atom stereocenters. The van der Waals surface area contributed by atoms with Gasteiger partial charge in [0.25, 0.3) is 0 Å². The highest BCUT2D eigenvalue weighted by molar-refractivity contribution is 5.35. The van der Waals surface area contributed by atoms with Crippen molar-refractivity contribution in [1.29, 1.82) is 0 Å². The summed E-state index contributed by atoms with van der Waals surface area (Å²) in [6.07, 6.45) is 7.03. The number of nitrogens with one attached hydrogen (secondary N) is 1. The molecule has 2 heterocycles. The van der Waals surface area contributed by atoms with Crippen LogP contribution in [0.15, 0.2) is 18.5 Å². The maximum Gasteiger partial charge on any atom is 0.226 e. The van der Waals surface area contributed by atoms with Crippen LogP contribution in [0, 0.1) is 0 Å². The van der Waals surface area contributed by atoms with Crippen LogP contribution >= 0.6 is 0 Å². The first-order valence-corrected chi connectivity index (χ1v) is 7.49. The Morgan fingerprint density at radius 3 is 3.14 bits per heavy atom. The van der Waals surface area contributed by atoms with Crippen molar-refractivity contribution in [2.45, 2.75) is 31.8 Å². The molecule has 2 aromatic heterocycles. The zero-order chi connectivity index (χ0) is 15.4. The highest BCUT2D eigenvalue weighted by Gasteiger charge is 2.24. The van der Waals surface area contributed by atoms with Gasteiger partial charge in [0.1, 0.15) is 0 Å². The maximum absolute atomic E-state index is 5.14. The number of hydrogen-bond donors (Lipinski definition) is 1. The van der Waals surface area contributed by atoms with E-state index in [9.17, 15) is 0 Å². The first-order valence-electron chi connectivity index (χ1n) is 7.49. The molecule has 0 radical (unpaired) electrons. The standard InChI is InChI=1S/C15H21N5O2/c1-21-9-8-20-10-11-4-3-5-12(14(11)19-20)17-15-16-7-6-13(18-15)22-2/h6-7,10,12H,3-5,8-9H2,1-2H3,(H,16,17,18)/t12-/m1/s1. The number of ether oxygens (including phenoxy) is 2. The number of methoxy groups -OCH3 is 2. The summed E-state index contributed by atoms with van der Waals surface area (Å²) < 4.78 is 12.2. The fraction of sp³-hybridized carbons (Fsp3) is 0.533. The number of anilines is 1. The molecule has 0 amide bonds. The summed E-state index contributed by atoms with van der Waals surface area (Å²) in [5, 5.41) is 8.07. The minimum absolute atomic E-state index is 0.139. The van der Waals surface area contributed by atoms with Crippen LogP contribution < -0.4 is 10.1 Å². The summed E-state index contributed by atoms with van der Waals surface area (Å²) in [6.45, 7) is 1.43. The number of aromatic nitrogens is 4. The van der Waals surface area contributed by atoms with Crippen LogP contribution in [-0.2, 0) is 17.7 Å². The Labute approximate surface area is 129 Å². The third-order valence-corrected chi connectivity index (χ3v) is 3.81. The maximum atomic E-state index is 5.14. The average Bonchev–Trinajstić information content (AvgIpc) is 2.97. The zero-order valence-corrected chi connectivity index (χ0v) is 13.0. The van der Waals surface area contributed by atoms with Crippen molar-refractivity contribution >= 4 is 5.95 Å². The lowest BCUT2D eigenvalue weighted by atomic mass is 9.94. The molecule has 118 valence electrons. The molecule has 0 saturated heterocycles. The average molecular weight is 303 g/mol. The predicted molar refractivity (Wildman–Crippen MR) is 82.0 cm³/mol. The second-order valence-corrected chi connectivity index (χ2v) is 5.31. The molecule has 0 aromatic carbocycles. The van der Waals surface area contributed by atoms with E-state index in [0.29, 0.717) is 18.4 Å². The van der Waals surface area contributed by atoms with Gasteiger partial charge in [0, 0.05) is 25.6 Å². The van der Waals surface area contributed by atoms with E-state index in [2.05, 4.69) is 21.5 Å². The molecule has 7 heteroatoms. The van der Waals surface area contributed by atoms with Gasteiger partial charge in [-0.2, -0.15) is 10.1 Å². The Morgan fingerprint density at radius 1 is 1.41 bits per heavy atom. The topological polar surface area (TPSA) is 74.1 Å². The molecule has 0 aliphatic heterocycles. The van der Waals surface area contributed by atoms with Gasteiger partial charge in [0.2, 0.25) is 11.8 Å². The summed E-state index contributed by atoms with van der Waals surface area (Å²) in [5.41, 5.74) is 2.39. The van der Waals surface area contributed by atoms with Crippen LogP contribution in [0.3, 0.4) is 0 Å². The number of hydrogen-bond acceptors (Lipinski definition) is 6. The quantitative estimate of drug-likeness (QED) is 0.877. The third-order valence-electron chi connectivity index (χ3n) is 3.81. The monoisotopic (exact) mass is 303 g/mol. The molecule has 2 aromatic rings. The van der Waals surface area contributed by atoms with Crippen molar-refractivity contribution in [3.05, 3.63) is 29.7 Å². The lowest BCUT2D eigenvalue weighted by Crippen LogP contribution is -2.18. The van der Waals surface area contributed by atoms with Crippen molar-refractivity contribution in [3.63, 3.8) is 0 Å². The summed E-state index contributed by atoms with van der Waals surface area (Å²) in [4.78, 5) is 8.57. The van der Waals surface area contributed by atoms with E-state index in [4.69, 9.17) is 14.6 Å². The Kier molecular flexibility index (Phi) is 4.53. The zero-order valence-electron chi connectivity index (χ0n) is 13.0. The van der Waals surface area contributed by atoms with Gasteiger partial charge in [0.15, 0.2) is 0 Å².